The molecule has 4 amide bonds. The Bertz CT molecular complexity index is 780. The molecule has 1 fully saturated rings. The van der Waals surface area contributed by atoms with E-state index in [0.29, 0.717) is 6.42 Å². The lowest BCUT2D eigenvalue weighted by Gasteiger charge is -2.25. The molecule has 0 bridgehead atoms. The van der Waals surface area contributed by atoms with E-state index in [4.69, 9.17) is 0 Å². The number of nitrogens with zero attached hydrogens (tertiary/aromatic N) is 2. The van der Waals surface area contributed by atoms with Gasteiger partial charge < -0.3 is 26.2 Å². The number of nitrogens with one attached hydrogen (secondary N) is 4. The molecule has 1 unspecified atom stereocenters. The molecule has 0 saturated carbocycles. The fourth-order valence-corrected chi connectivity index (χ4v) is 3.59. The molecular formula is C20H29IN6O4. The molecule has 1 atom stereocenters. The molecule has 31 heavy (non-hydrogen) atoms. The number of carbonyl (C=O) groups excluding carboxylic acids is 4. The minimum atomic E-state index is -0.956. The standard InChI is InChI=1S/C20H29IN6O4/c1-27(2)20(31)15(25-17(28)9-13-5-7-22-8-6-13)12-24-18(29)19(30)26-16-4-3-14(10-21)11-23-16/h3-4,11,13,15,22H,5-10,12H2,1-2H3,(H,24,29)(H,25,28)(H,23,26,30). The number of halogens is 1. The van der Waals surface area contributed by atoms with Crippen LogP contribution in [0.4, 0.5) is 5.82 Å². The van der Waals surface area contributed by atoms with Crippen molar-refractivity contribution in [2.75, 3.05) is 39.0 Å². The van der Waals surface area contributed by atoms with Gasteiger partial charge >= 0.3 is 11.8 Å². The van der Waals surface area contributed by atoms with Crippen LogP contribution < -0.4 is 21.3 Å². The summed E-state index contributed by atoms with van der Waals surface area (Å²) in [7, 11) is 3.13. The van der Waals surface area contributed by atoms with Gasteiger partial charge in [0, 0.05) is 37.7 Å². The van der Waals surface area contributed by atoms with Crippen molar-refractivity contribution in [3.8, 4) is 0 Å². The molecule has 10 nitrogen and oxygen atoms in total. The maximum atomic E-state index is 12.4. The van der Waals surface area contributed by atoms with Gasteiger partial charge in [0.25, 0.3) is 0 Å². The Kier molecular flexibility index (Phi) is 10.1. The average molecular weight is 544 g/mol. The number of piperidine rings is 1. The first-order valence-electron chi connectivity index (χ1n) is 10.1. The van der Waals surface area contributed by atoms with Crippen LogP contribution in [0.5, 0.6) is 0 Å². The summed E-state index contributed by atoms with van der Waals surface area (Å²) in [6.45, 7) is 1.56. The number of anilines is 1. The lowest BCUT2D eigenvalue weighted by molar-refractivity contribution is -0.137. The zero-order valence-electron chi connectivity index (χ0n) is 17.7. The molecular weight excluding hydrogens is 515 g/mol. The van der Waals surface area contributed by atoms with E-state index in [9.17, 15) is 19.2 Å². The third-order valence-electron chi connectivity index (χ3n) is 4.90. The Balaban J connectivity index is 1.88. The van der Waals surface area contributed by atoms with Crippen LogP contribution in [0.2, 0.25) is 0 Å². The molecule has 0 aliphatic carbocycles. The highest BCUT2D eigenvalue weighted by atomic mass is 127. The average Bonchev–Trinajstić information content (AvgIpc) is 2.76. The topological polar surface area (TPSA) is 133 Å². The monoisotopic (exact) mass is 544 g/mol. The second-order valence-electron chi connectivity index (χ2n) is 7.60. The van der Waals surface area contributed by atoms with Crippen LogP contribution >= 0.6 is 22.6 Å². The van der Waals surface area contributed by atoms with Crippen molar-refractivity contribution >= 4 is 52.0 Å². The molecule has 4 N–H and O–H groups in total. The molecule has 2 rings (SSSR count). The molecule has 0 radical (unpaired) electrons. The van der Waals surface area contributed by atoms with Crippen molar-refractivity contribution in [2.45, 2.75) is 29.7 Å². The van der Waals surface area contributed by atoms with Crippen LogP contribution in [0.15, 0.2) is 18.3 Å². The van der Waals surface area contributed by atoms with Gasteiger partial charge in [0.15, 0.2) is 0 Å². The summed E-state index contributed by atoms with van der Waals surface area (Å²) >= 11 is 2.20. The first kappa shape index (κ1) is 25.0. The summed E-state index contributed by atoms with van der Waals surface area (Å²) in [5.41, 5.74) is 0.994. The minimum absolute atomic E-state index is 0.192. The van der Waals surface area contributed by atoms with Crippen LogP contribution in [-0.2, 0) is 23.6 Å². The number of pyridine rings is 1. The van der Waals surface area contributed by atoms with E-state index in [-0.39, 0.29) is 30.1 Å². The van der Waals surface area contributed by atoms with Crippen LogP contribution in [0.1, 0.15) is 24.8 Å². The maximum Gasteiger partial charge on any atom is 0.314 e. The zero-order chi connectivity index (χ0) is 22.8. The summed E-state index contributed by atoms with van der Waals surface area (Å²) < 4.78 is 0.782. The van der Waals surface area contributed by atoms with E-state index in [2.05, 4.69) is 48.8 Å². The van der Waals surface area contributed by atoms with Gasteiger partial charge in [0.1, 0.15) is 11.9 Å². The predicted molar refractivity (Wildman–Crippen MR) is 124 cm³/mol. The molecule has 1 aromatic rings. The quantitative estimate of drug-likeness (QED) is 0.208. The number of rotatable bonds is 8. The van der Waals surface area contributed by atoms with E-state index in [1.54, 1.807) is 32.4 Å². The number of hydrogen-bond donors (Lipinski definition) is 4. The predicted octanol–water partition coefficient (Wildman–Crippen LogP) is 0.0340. The van der Waals surface area contributed by atoms with Crippen LogP contribution in [0.25, 0.3) is 0 Å². The molecule has 170 valence electrons. The minimum Gasteiger partial charge on any atom is -0.347 e. The van der Waals surface area contributed by atoms with Crippen LogP contribution in [-0.4, -0.2) is 73.3 Å². The number of alkyl halides is 1. The number of aromatic nitrogens is 1. The van der Waals surface area contributed by atoms with E-state index >= 15 is 0 Å². The molecule has 11 heteroatoms. The van der Waals surface area contributed by atoms with Crippen molar-refractivity contribution in [1.82, 2.24) is 25.8 Å². The SMILES string of the molecule is CN(C)C(=O)C(CNC(=O)C(=O)Nc1ccc(CI)cn1)NC(=O)CC1CCNCC1. The van der Waals surface area contributed by atoms with E-state index in [1.165, 1.54) is 4.90 Å². The van der Waals surface area contributed by atoms with Gasteiger partial charge in [0.2, 0.25) is 11.8 Å². The Hall–Kier alpha value is -2.28. The largest absolute Gasteiger partial charge is 0.347 e. The zero-order valence-corrected chi connectivity index (χ0v) is 19.9. The third kappa shape index (κ3) is 8.40. The summed E-state index contributed by atoms with van der Waals surface area (Å²) in [6.07, 6.45) is 3.75. The second kappa shape index (κ2) is 12.5. The molecule has 0 spiro atoms. The van der Waals surface area contributed by atoms with E-state index < -0.39 is 17.9 Å². The summed E-state index contributed by atoms with van der Waals surface area (Å²) in [5.74, 6) is -1.90. The summed E-state index contributed by atoms with van der Waals surface area (Å²) in [4.78, 5) is 54.6. The van der Waals surface area contributed by atoms with Crippen molar-refractivity contribution in [3.63, 3.8) is 0 Å². The van der Waals surface area contributed by atoms with Crippen molar-refractivity contribution in [2.24, 2.45) is 5.92 Å². The fraction of sp³-hybridized carbons (Fsp3) is 0.550. The second-order valence-corrected chi connectivity index (χ2v) is 8.36. The van der Waals surface area contributed by atoms with Crippen molar-refractivity contribution in [1.29, 1.82) is 0 Å². The summed E-state index contributed by atoms with van der Waals surface area (Å²) in [6, 6.07) is 2.46. The van der Waals surface area contributed by atoms with Gasteiger partial charge in [-0.2, -0.15) is 0 Å². The highest BCUT2D eigenvalue weighted by Crippen LogP contribution is 2.15. The first-order valence-corrected chi connectivity index (χ1v) is 11.6. The number of carbonyl (C=O) groups is 4. The lowest BCUT2D eigenvalue weighted by atomic mass is 9.94. The number of amides is 4. The van der Waals surface area contributed by atoms with Gasteiger partial charge in [-0.05, 0) is 43.5 Å². The van der Waals surface area contributed by atoms with Gasteiger partial charge in [-0.3, -0.25) is 19.2 Å². The molecule has 1 aromatic heterocycles. The lowest BCUT2D eigenvalue weighted by Crippen LogP contribution is -2.53. The highest BCUT2D eigenvalue weighted by molar-refractivity contribution is 14.1. The Morgan fingerprint density at radius 2 is 1.90 bits per heavy atom. The van der Waals surface area contributed by atoms with Crippen molar-refractivity contribution < 1.29 is 19.2 Å². The third-order valence-corrected chi connectivity index (χ3v) is 5.78. The molecule has 1 aliphatic rings. The van der Waals surface area contributed by atoms with E-state index in [1.807, 2.05) is 0 Å². The number of likely N-dealkylation sites (N-methyl/N-ethyl adjacent to an activating group) is 1. The van der Waals surface area contributed by atoms with Gasteiger partial charge in [0.05, 0.1) is 0 Å². The van der Waals surface area contributed by atoms with E-state index in [0.717, 1.165) is 35.9 Å². The Morgan fingerprint density at radius 3 is 2.48 bits per heavy atom. The normalized spacial score (nSPS) is 14.9. The molecule has 0 aromatic carbocycles. The summed E-state index contributed by atoms with van der Waals surface area (Å²) in [5, 5.41) is 10.8. The molecule has 1 aliphatic heterocycles. The van der Waals surface area contributed by atoms with Crippen LogP contribution in [0, 0.1) is 5.92 Å². The molecule has 1 saturated heterocycles. The Morgan fingerprint density at radius 1 is 1.19 bits per heavy atom. The highest BCUT2D eigenvalue weighted by Gasteiger charge is 2.26. The van der Waals surface area contributed by atoms with Gasteiger partial charge in [-0.25, -0.2) is 4.98 Å². The first-order chi connectivity index (χ1) is 14.8. The molecule has 2 heterocycles. The smallest absolute Gasteiger partial charge is 0.314 e. The van der Waals surface area contributed by atoms with Gasteiger partial charge in [-0.1, -0.05) is 28.7 Å². The van der Waals surface area contributed by atoms with Gasteiger partial charge in [-0.15, -0.1) is 0 Å². The maximum absolute atomic E-state index is 12.4. The number of hydrogen-bond acceptors (Lipinski definition) is 6. The van der Waals surface area contributed by atoms with Crippen molar-refractivity contribution in [3.05, 3.63) is 23.9 Å². The Labute approximate surface area is 195 Å². The fourth-order valence-electron chi connectivity index (χ4n) is 3.14. The van der Waals surface area contributed by atoms with Crippen LogP contribution in [0.3, 0.4) is 0 Å².